The van der Waals surface area contributed by atoms with E-state index in [1.165, 1.54) is 70.9 Å². The molecule has 3 atom stereocenters. The molecule has 0 bridgehead atoms. The Bertz CT molecular complexity index is 229. The lowest BCUT2D eigenvalue weighted by Crippen LogP contribution is -2.51. The van der Waals surface area contributed by atoms with Gasteiger partial charge in [-0.2, -0.15) is 0 Å². The van der Waals surface area contributed by atoms with Gasteiger partial charge in [0.25, 0.3) is 0 Å². The third-order valence-electron chi connectivity index (χ3n) is 4.96. The van der Waals surface area contributed by atoms with Crippen LogP contribution in [0.25, 0.3) is 0 Å². The summed E-state index contributed by atoms with van der Waals surface area (Å²) in [6.07, 6.45) is 12.6. The fourth-order valence-corrected chi connectivity index (χ4v) is 3.99. The average molecular weight is 252 g/mol. The van der Waals surface area contributed by atoms with E-state index in [2.05, 4.69) is 24.1 Å². The van der Waals surface area contributed by atoms with Gasteiger partial charge in [0.15, 0.2) is 0 Å². The fourth-order valence-electron chi connectivity index (χ4n) is 3.99. The molecule has 0 aromatic rings. The molecule has 2 fully saturated rings. The van der Waals surface area contributed by atoms with Crippen molar-refractivity contribution in [1.29, 1.82) is 0 Å². The Morgan fingerprint density at radius 1 is 1.00 bits per heavy atom. The first-order valence-electron chi connectivity index (χ1n) is 8.36. The summed E-state index contributed by atoms with van der Waals surface area (Å²) in [4.78, 5) is 2.86. The SMILES string of the molecule is CCCNC1CCCCCC1N1CCCC1CC. The molecule has 0 aromatic carbocycles. The molecule has 1 aliphatic carbocycles. The van der Waals surface area contributed by atoms with Crippen molar-refractivity contribution in [2.45, 2.75) is 89.8 Å². The minimum Gasteiger partial charge on any atom is -0.312 e. The zero-order valence-electron chi connectivity index (χ0n) is 12.5. The third kappa shape index (κ3) is 3.48. The summed E-state index contributed by atoms with van der Waals surface area (Å²) in [5, 5.41) is 3.84. The summed E-state index contributed by atoms with van der Waals surface area (Å²) in [7, 11) is 0. The van der Waals surface area contributed by atoms with Crippen LogP contribution in [-0.2, 0) is 0 Å². The number of hydrogen-bond acceptors (Lipinski definition) is 2. The lowest BCUT2D eigenvalue weighted by Gasteiger charge is -2.37. The van der Waals surface area contributed by atoms with Crippen molar-refractivity contribution in [3.8, 4) is 0 Å². The van der Waals surface area contributed by atoms with E-state index in [0.717, 1.165) is 18.1 Å². The van der Waals surface area contributed by atoms with Gasteiger partial charge in [-0.15, -0.1) is 0 Å². The summed E-state index contributed by atoms with van der Waals surface area (Å²) < 4.78 is 0. The fraction of sp³-hybridized carbons (Fsp3) is 1.00. The molecule has 0 aromatic heterocycles. The molecule has 0 radical (unpaired) electrons. The molecule has 1 saturated carbocycles. The quantitative estimate of drug-likeness (QED) is 0.753. The van der Waals surface area contributed by atoms with E-state index >= 15 is 0 Å². The van der Waals surface area contributed by atoms with Crippen LogP contribution >= 0.6 is 0 Å². The normalized spacial score (nSPS) is 34.7. The molecule has 1 N–H and O–H groups in total. The van der Waals surface area contributed by atoms with Crippen LogP contribution in [0.5, 0.6) is 0 Å². The Hall–Kier alpha value is -0.0800. The van der Waals surface area contributed by atoms with Crippen molar-refractivity contribution in [2.75, 3.05) is 13.1 Å². The van der Waals surface area contributed by atoms with Crippen LogP contribution in [0.15, 0.2) is 0 Å². The van der Waals surface area contributed by atoms with Gasteiger partial charge in [-0.3, -0.25) is 4.90 Å². The molecule has 2 heteroatoms. The van der Waals surface area contributed by atoms with Crippen molar-refractivity contribution in [3.05, 3.63) is 0 Å². The van der Waals surface area contributed by atoms with Crippen LogP contribution in [-0.4, -0.2) is 36.1 Å². The van der Waals surface area contributed by atoms with Crippen LogP contribution in [0.1, 0.15) is 71.6 Å². The van der Waals surface area contributed by atoms with Crippen LogP contribution in [0.2, 0.25) is 0 Å². The maximum absolute atomic E-state index is 3.84. The van der Waals surface area contributed by atoms with Gasteiger partial charge in [0.2, 0.25) is 0 Å². The highest BCUT2D eigenvalue weighted by atomic mass is 15.2. The Balaban J connectivity index is 1.99. The second kappa shape index (κ2) is 7.49. The lowest BCUT2D eigenvalue weighted by atomic mass is 9.99. The maximum Gasteiger partial charge on any atom is 0.0252 e. The molecule has 106 valence electrons. The Kier molecular flexibility index (Phi) is 5.97. The summed E-state index contributed by atoms with van der Waals surface area (Å²) in [6, 6.07) is 2.46. The van der Waals surface area contributed by atoms with Gasteiger partial charge < -0.3 is 5.32 Å². The van der Waals surface area contributed by atoms with Gasteiger partial charge >= 0.3 is 0 Å². The van der Waals surface area contributed by atoms with Crippen molar-refractivity contribution in [3.63, 3.8) is 0 Å². The largest absolute Gasteiger partial charge is 0.312 e. The average Bonchev–Trinajstić information content (AvgIpc) is 2.74. The van der Waals surface area contributed by atoms with Gasteiger partial charge in [-0.05, 0) is 51.6 Å². The molecule has 1 aliphatic heterocycles. The number of nitrogens with one attached hydrogen (secondary N) is 1. The topological polar surface area (TPSA) is 15.3 Å². The lowest BCUT2D eigenvalue weighted by molar-refractivity contribution is 0.131. The minimum absolute atomic E-state index is 0.764. The molecule has 2 rings (SSSR count). The van der Waals surface area contributed by atoms with Crippen molar-refractivity contribution in [2.24, 2.45) is 0 Å². The monoisotopic (exact) mass is 252 g/mol. The van der Waals surface area contributed by atoms with Crippen LogP contribution < -0.4 is 5.32 Å². The number of nitrogens with zero attached hydrogens (tertiary/aromatic N) is 1. The summed E-state index contributed by atoms with van der Waals surface area (Å²) in [6.45, 7) is 7.21. The molecule has 18 heavy (non-hydrogen) atoms. The summed E-state index contributed by atoms with van der Waals surface area (Å²) >= 11 is 0. The first kappa shape index (κ1) is 14.3. The molecular formula is C16H32N2. The van der Waals surface area contributed by atoms with Gasteiger partial charge in [-0.1, -0.05) is 33.1 Å². The Morgan fingerprint density at radius 2 is 1.83 bits per heavy atom. The molecule has 2 aliphatic rings. The zero-order valence-corrected chi connectivity index (χ0v) is 12.5. The van der Waals surface area contributed by atoms with E-state index in [9.17, 15) is 0 Å². The van der Waals surface area contributed by atoms with Crippen molar-refractivity contribution >= 4 is 0 Å². The van der Waals surface area contributed by atoms with E-state index in [4.69, 9.17) is 0 Å². The van der Waals surface area contributed by atoms with E-state index in [0.29, 0.717) is 0 Å². The smallest absolute Gasteiger partial charge is 0.0252 e. The molecule has 1 saturated heterocycles. The van der Waals surface area contributed by atoms with Crippen molar-refractivity contribution in [1.82, 2.24) is 10.2 Å². The van der Waals surface area contributed by atoms with Crippen molar-refractivity contribution < 1.29 is 0 Å². The van der Waals surface area contributed by atoms with Crippen LogP contribution in [0.4, 0.5) is 0 Å². The van der Waals surface area contributed by atoms with Crippen LogP contribution in [0.3, 0.4) is 0 Å². The molecule has 3 unspecified atom stereocenters. The van der Waals surface area contributed by atoms with E-state index in [1.54, 1.807) is 0 Å². The number of likely N-dealkylation sites (tertiary alicyclic amines) is 1. The van der Waals surface area contributed by atoms with E-state index in [1.807, 2.05) is 0 Å². The second-order valence-electron chi connectivity index (χ2n) is 6.21. The maximum atomic E-state index is 3.84. The molecule has 0 amide bonds. The molecule has 0 spiro atoms. The van der Waals surface area contributed by atoms with Gasteiger partial charge in [0.05, 0.1) is 0 Å². The summed E-state index contributed by atoms with van der Waals surface area (Å²) in [5.41, 5.74) is 0. The number of rotatable bonds is 5. The minimum atomic E-state index is 0.764. The van der Waals surface area contributed by atoms with Gasteiger partial charge in [-0.25, -0.2) is 0 Å². The molecular weight excluding hydrogens is 220 g/mol. The first-order chi connectivity index (χ1) is 8.86. The highest BCUT2D eigenvalue weighted by molar-refractivity contribution is 4.92. The van der Waals surface area contributed by atoms with E-state index < -0.39 is 0 Å². The van der Waals surface area contributed by atoms with Gasteiger partial charge in [0.1, 0.15) is 0 Å². The van der Waals surface area contributed by atoms with E-state index in [-0.39, 0.29) is 0 Å². The standard InChI is InChI=1S/C16H32N2/c1-3-12-17-15-10-6-5-7-11-16(15)18-13-8-9-14(18)4-2/h14-17H,3-13H2,1-2H3. The highest BCUT2D eigenvalue weighted by Gasteiger charge is 2.34. The highest BCUT2D eigenvalue weighted by Crippen LogP contribution is 2.30. The van der Waals surface area contributed by atoms with Gasteiger partial charge in [0, 0.05) is 18.1 Å². The Labute approximate surface area is 114 Å². The zero-order chi connectivity index (χ0) is 12.8. The predicted molar refractivity (Wildman–Crippen MR) is 79.0 cm³/mol. The molecule has 1 heterocycles. The third-order valence-corrected chi connectivity index (χ3v) is 4.96. The van der Waals surface area contributed by atoms with Crippen LogP contribution in [0, 0.1) is 0 Å². The molecule has 2 nitrogen and oxygen atoms in total. The summed E-state index contributed by atoms with van der Waals surface area (Å²) in [5.74, 6) is 0. The number of hydrogen-bond donors (Lipinski definition) is 1. The second-order valence-corrected chi connectivity index (χ2v) is 6.21. The predicted octanol–water partition coefficient (Wildman–Crippen LogP) is 3.56. The Morgan fingerprint density at radius 3 is 2.61 bits per heavy atom. The first-order valence-corrected chi connectivity index (χ1v) is 8.36.